The van der Waals surface area contributed by atoms with E-state index in [0.29, 0.717) is 32.0 Å². The number of ether oxygens (including phenoxy) is 2. The Balaban J connectivity index is 1.26. The molecule has 1 unspecified atom stereocenters. The molecule has 3 aromatic rings. The third-order valence-electron chi connectivity index (χ3n) is 6.26. The highest BCUT2D eigenvalue weighted by molar-refractivity contribution is 5.87. The summed E-state index contributed by atoms with van der Waals surface area (Å²) >= 11 is 0. The van der Waals surface area contributed by atoms with Crippen LogP contribution in [0.2, 0.25) is 0 Å². The molecule has 184 valence electrons. The van der Waals surface area contributed by atoms with Crippen LogP contribution in [0, 0.1) is 0 Å². The van der Waals surface area contributed by atoms with Crippen molar-refractivity contribution in [2.24, 2.45) is 0 Å². The Kier molecular flexibility index (Phi) is 8.84. The largest absolute Gasteiger partial charge is 0.495 e. The molecule has 1 fully saturated rings. The van der Waals surface area contributed by atoms with Crippen molar-refractivity contribution in [3.63, 3.8) is 0 Å². The molecular formula is C28H33N3O4. The first-order valence-corrected chi connectivity index (χ1v) is 12.0. The standard InChI is InChI=1S/C28H33N3O4/c1-34-26-13-12-24(29-18-26)20-35-21-25(32)19-30-14-16-31(17-15-30)28(33)27(22-8-4-2-5-9-22)23-10-6-3-7-11-23/h2-13,18,25,27,32H,14-17,19-21H2,1H3. The quantitative estimate of drug-likeness (QED) is 0.486. The number of aliphatic hydroxyl groups is 1. The van der Waals surface area contributed by atoms with Crippen LogP contribution in [-0.2, 0) is 16.1 Å². The molecule has 0 bridgehead atoms. The molecule has 1 aliphatic heterocycles. The van der Waals surface area contributed by atoms with E-state index in [0.717, 1.165) is 29.9 Å². The summed E-state index contributed by atoms with van der Waals surface area (Å²) in [7, 11) is 1.60. The average Bonchev–Trinajstić information content (AvgIpc) is 2.91. The number of rotatable bonds is 10. The molecule has 0 spiro atoms. The lowest BCUT2D eigenvalue weighted by atomic mass is 9.90. The summed E-state index contributed by atoms with van der Waals surface area (Å²) in [6.45, 7) is 3.80. The summed E-state index contributed by atoms with van der Waals surface area (Å²) in [5.41, 5.74) is 2.80. The molecule has 0 saturated carbocycles. The Hall–Kier alpha value is -3.26. The predicted molar refractivity (Wildman–Crippen MR) is 134 cm³/mol. The number of pyridine rings is 1. The van der Waals surface area contributed by atoms with E-state index in [9.17, 15) is 9.90 Å². The minimum Gasteiger partial charge on any atom is -0.495 e. The van der Waals surface area contributed by atoms with E-state index in [1.54, 1.807) is 13.3 Å². The van der Waals surface area contributed by atoms with Crippen LogP contribution in [0.5, 0.6) is 5.75 Å². The van der Waals surface area contributed by atoms with Crippen LogP contribution in [-0.4, -0.2) is 78.3 Å². The van der Waals surface area contributed by atoms with Crippen molar-refractivity contribution < 1.29 is 19.4 Å². The number of methoxy groups -OCH3 is 1. The van der Waals surface area contributed by atoms with Crippen molar-refractivity contribution in [1.29, 1.82) is 0 Å². The number of piperazine rings is 1. The SMILES string of the molecule is COc1ccc(COCC(O)CN2CCN(C(=O)C(c3ccccc3)c3ccccc3)CC2)nc1. The molecule has 1 amide bonds. The molecule has 1 saturated heterocycles. The third-order valence-corrected chi connectivity index (χ3v) is 6.26. The smallest absolute Gasteiger partial charge is 0.234 e. The number of aromatic nitrogens is 1. The van der Waals surface area contributed by atoms with Gasteiger partial charge in [0.25, 0.3) is 0 Å². The fraction of sp³-hybridized carbons (Fsp3) is 0.357. The molecule has 2 heterocycles. The minimum atomic E-state index is -0.600. The number of carbonyl (C=O) groups excluding carboxylic acids is 1. The van der Waals surface area contributed by atoms with Gasteiger partial charge < -0.3 is 19.5 Å². The Morgan fingerprint density at radius 2 is 1.57 bits per heavy atom. The number of nitrogens with zero attached hydrogens (tertiary/aromatic N) is 3. The van der Waals surface area contributed by atoms with Gasteiger partial charge in [0.15, 0.2) is 0 Å². The van der Waals surface area contributed by atoms with Gasteiger partial charge >= 0.3 is 0 Å². The van der Waals surface area contributed by atoms with E-state index >= 15 is 0 Å². The predicted octanol–water partition coefficient (Wildman–Crippen LogP) is 2.94. The second-order valence-electron chi connectivity index (χ2n) is 8.74. The molecule has 7 heteroatoms. The van der Waals surface area contributed by atoms with Crippen LogP contribution in [0.25, 0.3) is 0 Å². The summed E-state index contributed by atoms with van der Waals surface area (Å²) in [5.74, 6) is 0.512. The van der Waals surface area contributed by atoms with E-state index in [4.69, 9.17) is 9.47 Å². The van der Waals surface area contributed by atoms with Gasteiger partial charge in [0.05, 0.1) is 44.2 Å². The monoisotopic (exact) mass is 475 g/mol. The van der Waals surface area contributed by atoms with E-state index in [1.807, 2.05) is 77.7 Å². The van der Waals surface area contributed by atoms with Crippen molar-refractivity contribution in [1.82, 2.24) is 14.8 Å². The molecule has 2 aromatic carbocycles. The summed E-state index contributed by atoms with van der Waals surface area (Å²) in [4.78, 5) is 22.0. The first kappa shape index (κ1) is 24.9. The second-order valence-corrected chi connectivity index (χ2v) is 8.74. The van der Waals surface area contributed by atoms with Gasteiger partial charge in [-0.2, -0.15) is 0 Å². The summed E-state index contributed by atoms with van der Waals surface area (Å²) in [6, 6.07) is 23.6. The third kappa shape index (κ3) is 6.88. The van der Waals surface area contributed by atoms with E-state index in [1.165, 1.54) is 0 Å². The number of carbonyl (C=O) groups is 1. The number of hydrogen-bond donors (Lipinski definition) is 1. The van der Waals surface area contributed by atoms with Crippen molar-refractivity contribution in [3.8, 4) is 5.75 Å². The Labute approximate surface area is 206 Å². The highest BCUT2D eigenvalue weighted by Gasteiger charge is 2.30. The van der Waals surface area contributed by atoms with Gasteiger partial charge in [0, 0.05) is 32.7 Å². The fourth-order valence-electron chi connectivity index (χ4n) is 4.37. The van der Waals surface area contributed by atoms with Crippen LogP contribution >= 0.6 is 0 Å². The Morgan fingerprint density at radius 1 is 0.943 bits per heavy atom. The average molecular weight is 476 g/mol. The zero-order valence-corrected chi connectivity index (χ0v) is 20.1. The summed E-state index contributed by atoms with van der Waals surface area (Å²) in [6.07, 6.45) is 1.05. The van der Waals surface area contributed by atoms with Crippen molar-refractivity contribution in [3.05, 3.63) is 95.8 Å². The molecule has 35 heavy (non-hydrogen) atoms. The van der Waals surface area contributed by atoms with Crippen LogP contribution in [0.15, 0.2) is 79.0 Å². The molecule has 1 atom stereocenters. The van der Waals surface area contributed by atoms with Crippen LogP contribution in [0.1, 0.15) is 22.7 Å². The molecule has 0 aliphatic carbocycles. The van der Waals surface area contributed by atoms with Crippen molar-refractivity contribution in [2.45, 2.75) is 18.6 Å². The van der Waals surface area contributed by atoms with E-state index < -0.39 is 6.10 Å². The molecule has 7 nitrogen and oxygen atoms in total. The highest BCUT2D eigenvalue weighted by Crippen LogP contribution is 2.27. The van der Waals surface area contributed by atoms with Crippen LogP contribution < -0.4 is 4.74 Å². The lowest BCUT2D eigenvalue weighted by molar-refractivity contribution is -0.133. The van der Waals surface area contributed by atoms with E-state index in [-0.39, 0.29) is 18.4 Å². The van der Waals surface area contributed by atoms with Gasteiger partial charge in [-0.3, -0.25) is 14.7 Å². The maximum atomic E-state index is 13.6. The maximum Gasteiger partial charge on any atom is 0.234 e. The van der Waals surface area contributed by atoms with E-state index in [2.05, 4.69) is 9.88 Å². The second kappa shape index (κ2) is 12.4. The summed E-state index contributed by atoms with van der Waals surface area (Å²) in [5, 5.41) is 10.4. The van der Waals surface area contributed by atoms with Gasteiger partial charge in [-0.05, 0) is 23.3 Å². The number of amides is 1. The topological polar surface area (TPSA) is 75.1 Å². The highest BCUT2D eigenvalue weighted by atomic mass is 16.5. The molecule has 4 rings (SSSR count). The molecule has 0 radical (unpaired) electrons. The van der Waals surface area contributed by atoms with Gasteiger partial charge in [-0.25, -0.2) is 0 Å². The first-order valence-electron chi connectivity index (χ1n) is 12.0. The number of hydrogen-bond acceptors (Lipinski definition) is 6. The number of benzene rings is 2. The molecular weight excluding hydrogens is 442 g/mol. The molecule has 1 N–H and O–H groups in total. The Bertz CT molecular complexity index is 999. The number of β-amino-alcohol motifs (C(OH)–C–C–N with tert-alkyl or cyclic N) is 1. The lowest BCUT2D eigenvalue weighted by Crippen LogP contribution is -2.51. The zero-order chi connectivity index (χ0) is 24.5. The minimum absolute atomic E-state index is 0.123. The summed E-state index contributed by atoms with van der Waals surface area (Å²) < 4.78 is 10.7. The normalized spacial score (nSPS) is 15.2. The van der Waals surface area contributed by atoms with Crippen molar-refractivity contribution in [2.75, 3.05) is 46.4 Å². The van der Waals surface area contributed by atoms with Gasteiger partial charge in [-0.1, -0.05) is 60.7 Å². The van der Waals surface area contributed by atoms with Crippen molar-refractivity contribution >= 4 is 5.91 Å². The molecule has 1 aliphatic rings. The Morgan fingerprint density at radius 3 is 2.11 bits per heavy atom. The first-order chi connectivity index (χ1) is 17.1. The molecule has 1 aromatic heterocycles. The van der Waals surface area contributed by atoms with Crippen LogP contribution in [0.3, 0.4) is 0 Å². The maximum absolute atomic E-state index is 13.6. The number of aliphatic hydroxyl groups excluding tert-OH is 1. The lowest BCUT2D eigenvalue weighted by Gasteiger charge is -2.37. The van der Waals surface area contributed by atoms with Crippen LogP contribution in [0.4, 0.5) is 0 Å². The van der Waals surface area contributed by atoms with Gasteiger partial charge in [0.2, 0.25) is 5.91 Å². The zero-order valence-electron chi connectivity index (χ0n) is 20.1. The van der Waals surface area contributed by atoms with Gasteiger partial charge in [-0.15, -0.1) is 0 Å². The van der Waals surface area contributed by atoms with Gasteiger partial charge in [0.1, 0.15) is 5.75 Å². The fourth-order valence-corrected chi connectivity index (χ4v) is 4.37.